The third-order valence-corrected chi connectivity index (χ3v) is 1.87. The second-order valence-corrected chi connectivity index (χ2v) is 2.99. The minimum atomic E-state index is -1.04. The van der Waals surface area contributed by atoms with Crippen LogP contribution in [0.1, 0.15) is 33.6 Å². The Labute approximate surface area is 85.2 Å². The van der Waals surface area contributed by atoms with E-state index < -0.39 is 12.2 Å². The Balaban J connectivity index is 4.18. The maximum atomic E-state index is 11.4. The molecule has 84 valence electrons. The molecule has 0 aromatic rings. The van der Waals surface area contributed by atoms with E-state index in [9.17, 15) is 9.90 Å². The SMILES string of the molecule is CCCC(C(=O)OCC)C(O)OCC. The van der Waals surface area contributed by atoms with Gasteiger partial charge in [0.05, 0.1) is 6.61 Å². The molecule has 4 nitrogen and oxygen atoms in total. The van der Waals surface area contributed by atoms with Crippen molar-refractivity contribution in [1.29, 1.82) is 0 Å². The highest BCUT2D eigenvalue weighted by Gasteiger charge is 2.27. The molecule has 0 saturated heterocycles. The molecule has 0 aliphatic carbocycles. The Kier molecular flexibility index (Phi) is 7.42. The van der Waals surface area contributed by atoms with E-state index in [4.69, 9.17) is 9.47 Å². The summed E-state index contributed by atoms with van der Waals surface area (Å²) in [5.74, 6) is -0.935. The van der Waals surface area contributed by atoms with Crippen LogP contribution in [0.4, 0.5) is 0 Å². The van der Waals surface area contributed by atoms with Crippen LogP contribution < -0.4 is 0 Å². The van der Waals surface area contributed by atoms with E-state index in [-0.39, 0.29) is 5.97 Å². The second-order valence-electron chi connectivity index (χ2n) is 2.99. The first-order valence-electron chi connectivity index (χ1n) is 5.13. The first-order chi connectivity index (χ1) is 6.67. The van der Waals surface area contributed by atoms with Crippen molar-refractivity contribution in [1.82, 2.24) is 0 Å². The molecule has 0 fully saturated rings. The molecule has 0 radical (unpaired) electrons. The van der Waals surface area contributed by atoms with Crippen molar-refractivity contribution < 1.29 is 19.4 Å². The summed E-state index contributed by atoms with van der Waals surface area (Å²) in [6.07, 6.45) is 0.354. The predicted molar refractivity (Wildman–Crippen MR) is 52.7 cm³/mol. The fraction of sp³-hybridized carbons (Fsp3) is 0.900. The summed E-state index contributed by atoms with van der Waals surface area (Å²) in [6, 6.07) is 0. The van der Waals surface area contributed by atoms with Crippen molar-refractivity contribution in [3.05, 3.63) is 0 Å². The van der Waals surface area contributed by atoms with E-state index in [1.807, 2.05) is 6.92 Å². The average Bonchev–Trinajstić information content (AvgIpc) is 2.14. The molecular formula is C10H20O4. The van der Waals surface area contributed by atoms with Crippen molar-refractivity contribution in [3.63, 3.8) is 0 Å². The normalized spacial score (nSPS) is 14.9. The van der Waals surface area contributed by atoms with E-state index in [0.717, 1.165) is 6.42 Å². The van der Waals surface area contributed by atoms with Gasteiger partial charge in [0.2, 0.25) is 0 Å². The van der Waals surface area contributed by atoms with Crippen LogP contribution in [0.15, 0.2) is 0 Å². The summed E-state index contributed by atoms with van der Waals surface area (Å²) in [4.78, 5) is 11.4. The molecule has 0 saturated carbocycles. The molecule has 0 amide bonds. The summed E-state index contributed by atoms with van der Waals surface area (Å²) in [5.41, 5.74) is 0. The van der Waals surface area contributed by atoms with Crippen molar-refractivity contribution in [3.8, 4) is 0 Å². The van der Waals surface area contributed by atoms with Crippen LogP contribution in [-0.4, -0.2) is 30.6 Å². The first-order valence-corrected chi connectivity index (χ1v) is 5.13. The Morgan fingerprint density at radius 1 is 1.29 bits per heavy atom. The molecule has 14 heavy (non-hydrogen) atoms. The van der Waals surface area contributed by atoms with Crippen LogP contribution in [0.2, 0.25) is 0 Å². The van der Waals surface area contributed by atoms with Crippen molar-refractivity contribution in [2.45, 2.75) is 39.9 Å². The minimum absolute atomic E-state index is 0.331. The van der Waals surface area contributed by atoms with Gasteiger partial charge in [0, 0.05) is 6.61 Å². The van der Waals surface area contributed by atoms with Gasteiger partial charge < -0.3 is 14.6 Å². The third-order valence-electron chi connectivity index (χ3n) is 1.87. The number of carbonyl (C=O) groups excluding carboxylic acids is 1. The highest BCUT2D eigenvalue weighted by Crippen LogP contribution is 2.14. The van der Waals surface area contributed by atoms with Gasteiger partial charge in [-0.2, -0.15) is 0 Å². The zero-order valence-corrected chi connectivity index (χ0v) is 9.16. The number of hydrogen-bond acceptors (Lipinski definition) is 4. The number of hydrogen-bond donors (Lipinski definition) is 1. The lowest BCUT2D eigenvalue weighted by Crippen LogP contribution is -2.32. The summed E-state index contributed by atoms with van der Waals surface area (Å²) in [7, 11) is 0. The molecule has 1 N–H and O–H groups in total. The van der Waals surface area contributed by atoms with Gasteiger partial charge in [0.1, 0.15) is 5.92 Å². The molecule has 0 bridgehead atoms. The number of carbonyl (C=O) groups is 1. The van der Waals surface area contributed by atoms with Gasteiger partial charge in [-0.1, -0.05) is 13.3 Å². The zero-order valence-electron chi connectivity index (χ0n) is 9.16. The highest BCUT2D eigenvalue weighted by molar-refractivity contribution is 5.72. The zero-order chi connectivity index (χ0) is 11.0. The molecule has 0 heterocycles. The first kappa shape index (κ1) is 13.4. The van der Waals surface area contributed by atoms with Crippen LogP contribution in [-0.2, 0) is 14.3 Å². The van der Waals surface area contributed by atoms with Gasteiger partial charge in [-0.3, -0.25) is 4.79 Å². The van der Waals surface area contributed by atoms with Crippen molar-refractivity contribution in [2.75, 3.05) is 13.2 Å². The molecule has 4 heteroatoms. The van der Waals surface area contributed by atoms with E-state index in [0.29, 0.717) is 19.6 Å². The predicted octanol–water partition coefficient (Wildman–Crippen LogP) is 1.32. The topological polar surface area (TPSA) is 55.8 Å². The number of aliphatic hydroxyl groups is 1. The van der Waals surface area contributed by atoms with E-state index in [2.05, 4.69) is 0 Å². The van der Waals surface area contributed by atoms with Gasteiger partial charge in [-0.25, -0.2) is 0 Å². The molecule has 0 aromatic carbocycles. The summed E-state index contributed by atoms with van der Waals surface area (Å²) in [5, 5.41) is 9.51. The molecule has 0 aliphatic rings. The maximum Gasteiger partial charge on any atom is 0.314 e. The molecule has 0 spiro atoms. The minimum Gasteiger partial charge on any atom is -0.466 e. The van der Waals surface area contributed by atoms with Crippen LogP contribution in [0, 0.1) is 5.92 Å². The van der Waals surface area contributed by atoms with Crippen LogP contribution in [0.3, 0.4) is 0 Å². The van der Waals surface area contributed by atoms with Crippen molar-refractivity contribution >= 4 is 5.97 Å². The summed E-state index contributed by atoms with van der Waals surface area (Å²) < 4.78 is 9.82. The van der Waals surface area contributed by atoms with Gasteiger partial charge >= 0.3 is 5.97 Å². The molecule has 0 rings (SSSR count). The van der Waals surface area contributed by atoms with E-state index >= 15 is 0 Å². The summed E-state index contributed by atoms with van der Waals surface area (Å²) in [6.45, 7) is 6.19. The smallest absolute Gasteiger partial charge is 0.314 e. The molecular weight excluding hydrogens is 184 g/mol. The largest absolute Gasteiger partial charge is 0.466 e. The fourth-order valence-corrected chi connectivity index (χ4v) is 1.22. The molecule has 0 aliphatic heterocycles. The molecule has 0 aromatic heterocycles. The van der Waals surface area contributed by atoms with E-state index in [1.54, 1.807) is 13.8 Å². The van der Waals surface area contributed by atoms with Gasteiger partial charge in [-0.05, 0) is 20.3 Å². The fourth-order valence-electron chi connectivity index (χ4n) is 1.22. The van der Waals surface area contributed by atoms with Gasteiger partial charge in [-0.15, -0.1) is 0 Å². The number of rotatable bonds is 7. The second kappa shape index (κ2) is 7.76. The van der Waals surface area contributed by atoms with Gasteiger partial charge in [0.15, 0.2) is 6.29 Å². The van der Waals surface area contributed by atoms with Crippen LogP contribution in [0.25, 0.3) is 0 Å². The van der Waals surface area contributed by atoms with Gasteiger partial charge in [0.25, 0.3) is 0 Å². The monoisotopic (exact) mass is 204 g/mol. The Morgan fingerprint density at radius 3 is 2.36 bits per heavy atom. The number of esters is 1. The van der Waals surface area contributed by atoms with E-state index in [1.165, 1.54) is 0 Å². The molecule has 2 unspecified atom stereocenters. The lowest BCUT2D eigenvalue weighted by Gasteiger charge is -2.20. The Hall–Kier alpha value is -0.610. The average molecular weight is 204 g/mol. The standard InChI is InChI=1S/C10H20O4/c1-4-7-8(9(11)13-5-2)10(12)14-6-3/h8-9,11H,4-7H2,1-3H3. The van der Waals surface area contributed by atoms with Crippen LogP contribution in [0.5, 0.6) is 0 Å². The lowest BCUT2D eigenvalue weighted by molar-refractivity contribution is -0.174. The molecule has 2 atom stereocenters. The Bertz CT molecular complexity index is 158. The number of aliphatic hydroxyl groups excluding tert-OH is 1. The number of ether oxygens (including phenoxy) is 2. The Morgan fingerprint density at radius 2 is 1.93 bits per heavy atom. The quantitative estimate of drug-likeness (QED) is 0.502. The highest BCUT2D eigenvalue weighted by atomic mass is 16.6. The lowest BCUT2D eigenvalue weighted by atomic mass is 10.0. The van der Waals surface area contributed by atoms with Crippen LogP contribution >= 0.6 is 0 Å². The van der Waals surface area contributed by atoms with Crippen molar-refractivity contribution in [2.24, 2.45) is 5.92 Å². The third kappa shape index (κ3) is 4.58. The summed E-state index contributed by atoms with van der Waals surface area (Å²) >= 11 is 0. The maximum absolute atomic E-state index is 11.4.